The number of rotatable bonds is 9. The molecule has 1 aliphatic heterocycles. The van der Waals surface area contributed by atoms with Gasteiger partial charge in [-0.3, -0.25) is 9.89 Å². The van der Waals surface area contributed by atoms with Crippen LogP contribution in [0, 0.1) is 5.92 Å². The number of hydrogen-bond acceptors (Lipinski definition) is 5. The minimum atomic E-state index is 0. The summed E-state index contributed by atoms with van der Waals surface area (Å²) in [5.74, 6) is 2.10. The number of hydrogen-bond donors (Lipinski definition) is 2. The highest BCUT2D eigenvalue weighted by Crippen LogP contribution is 2.19. The van der Waals surface area contributed by atoms with Crippen molar-refractivity contribution >= 4 is 29.9 Å². The lowest BCUT2D eigenvalue weighted by molar-refractivity contribution is 0.00272. The number of ether oxygens (including phenoxy) is 2. The number of pyridine rings is 1. The Morgan fingerprint density at radius 1 is 1.29 bits per heavy atom. The normalized spacial score (nSPS) is 16.4. The third kappa shape index (κ3) is 7.71. The predicted molar refractivity (Wildman–Crippen MR) is 125 cm³/mol. The van der Waals surface area contributed by atoms with E-state index in [1.165, 1.54) is 12.8 Å². The van der Waals surface area contributed by atoms with Crippen LogP contribution in [0.5, 0.6) is 5.88 Å². The Labute approximate surface area is 186 Å². The third-order valence-electron chi connectivity index (χ3n) is 5.28. The van der Waals surface area contributed by atoms with Gasteiger partial charge < -0.3 is 20.1 Å². The summed E-state index contributed by atoms with van der Waals surface area (Å²) >= 11 is 0. The van der Waals surface area contributed by atoms with Crippen molar-refractivity contribution in [3.8, 4) is 5.88 Å². The SMILES string of the molecule is CCC(CC)C(CNC(=NC)NCc1ccnc(OC)c1)N1CCOCC1.I. The van der Waals surface area contributed by atoms with Crippen LogP contribution in [-0.4, -0.2) is 68.9 Å². The maximum atomic E-state index is 5.54. The summed E-state index contributed by atoms with van der Waals surface area (Å²) in [6, 6.07) is 4.40. The molecule has 7 nitrogen and oxygen atoms in total. The first kappa shape index (κ1) is 24.9. The monoisotopic (exact) mass is 505 g/mol. The molecule has 28 heavy (non-hydrogen) atoms. The zero-order valence-corrected chi connectivity index (χ0v) is 19.9. The molecule has 1 fully saturated rings. The van der Waals surface area contributed by atoms with E-state index in [1.54, 1.807) is 13.3 Å². The molecule has 2 rings (SSSR count). The van der Waals surface area contributed by atoms with Crippen molar-refractivity contribution in [1.82, 2.24) is 20.5 Å². The molecule has 1 aromatic rings. The Bertz CT molecular complexity index is 577. The van der Waals surface area contributed by atoms with Crippen LogP contribution in [-0.2, 0) is 11.3 Å². The summed E-state index contributed by atoms with van der Waals surface area (Å²) in [6.07, 6.45) is 4.12. The van der Waals surface area contributed by atoms with E-state index in [9.17, 15) is 0 Å². The van der Waals surface area contributed by atoms with Crippen LogP contribution in [0.25, 0.3) is 0 Å². The zero-order valence-electron chi connectivity index (χ0n) is 17.6. The molecule has 1 aromatic heterocycles. The van der Waals surface area contributed by atoms with E-state index in [1.807, 2.05) is 19.2 Å². The van der Waals surface area contributed by atoms with Crippen LogP contribution in [0.1, 0.15) is 32.3 Å². The molecule has 1 saturated heterocycles. The van der Waals surface area contributed by atoms with Gasteiger partial charge in [-0.25, -0.2) is 4.98 Å². The van der Waals surface area contributed by atoms with Gasteiger partial charge in [0.1, 0.15) is 0 Å². The summed E-state index contributed by atoms with van der Waals surface area (Å²) in [7, 11) is 3.44. The predicted octanol–water partition coefficient (Wildman–Crippen LogP) is 2.51. The number of morpholine rings is 1. The average molecular weight is 505 g/mol. The molecule has 2 heterocycles. The first-order valence-electron chi connectivity index (χ1n) is 9.97. The second-order valence-electron chi connectivity index (χ2n) is 6.81. The first-order valence-corrected chi connectivity index (χ1v) is 9.97. The zero-order chi connectivity index (χ0) is 19.5. The van der Waals surface area contributed by atoms with Crippen LogP contribution < -0.4 is 15.4 Å². The van der Waals surface area contributed by atoms with Crippen LogP contribution in [0.2, 0.25) is 0 Å². The van der Waals surface area contributed by atoms with Gasteiger partial charge in [0.2, 0.25) is 5.88 Å². The van der Waals surface area contributed by atoms with Crippen molar-refractivity contribution < 1.29 is 9.47 Å². The van der Waals surface area contributed by atoms with Crippen LogP contribution >= 0.6 is 24.0 Å². The molecule has 1 unspecified atom stereocenters. The van der Waals surface area contributed by atoms with E-state index in [4.69, 9.17) is 9.47 Å². The number of aromatic nitrogens is 1. The fourth-order valence-corrected chi connectivity index (χ4v) is 3.62. The van der Waals surface area contributed by atoms with Gasteiger partial charge >= 0.3 is 0 Å². The number of halogens is 1. The second kappa shape index (κ2) is 13.9. The maximum absolute atomic E-state index is 5.54. The molecule has 1 aliphatic rings. The van der Waals surface area contributed by atoms with Gasteiger partial charge in [0.05, 0.1) is 20.3 Å². The first-order chi connectivity index (χ1) is 13.2. The fraction of sp³-hybridized carbons (Fsp3) is 0.700. The minimum absolute atomic E-state index is 0. The van der Waals surface area contributed by atoms with Crippen molar-refractivity contribution in [2.24, 2.45) is 10.9 Å². The Balaban J connectivity index is 0.00000392. The van der Waals surface area contributed by atoms with Crippen LogP contribution in [0.3, 0.4) is 0 Å². The Hall–Kier alpha value is -1.13. The van der Waals surface area contributed by atoms with E-state index in [2.05, 4.69) is 39.4 Å². The van der Waals surface area contributed by atoms with E-state index >= 15 is 0 Å². The Morgan fingerprint density at radius 3 is 2.61 bits per heavy atom. The minimum Gasteiger partial charge on any atom is -0.481 e. The highest BCUT2D eigenvalue weighted by molar-refractivity contribution is 14.0. The molecule has 0 amide bonds. The van der Waals surface area contributed by atoms with Crippen molar-refractivity contribution in [2.75, 3.05) is 47.0 Å². The molecular formula is C20H36IN5O2. The summed E-state index contributed by atoms with van der Waals surface area (Å²) < 4.78 is 10.7. The van der Waals surface area contributed by atoms with Gasteiger partial charge in [0.25, 0.3) is 0 Å². The summed E-state index contributed by atoms with van der Waals surface area (Å²) in [4.78, 5) is 11.1. The molecule has 0 radical (unpaired) electrons. The quantitative estimate of drug-likeness (QED) is 0.306. The summed E-state index contributed by atoms with van der Waals surface area (Å²) in [5.41, 5.74) is 1.11. The topological polar surface area (TPSA) is 71.0 Å². The number of methoxy groups -OCH3 is 1. The van der Waals surface area contributed by atoms with E-state index in [-0.39, 0.29) is 24.0 Å². The summed E-state index contributed by atoms with van der Waals surface area (Å²) in [5, 5.41) is 6.91. The fourth-order valence-electron chi connectivity index (χ4n) is 3.62. The molecule has 0 saturated carbocycles. The Kier molecular flexibility index (Phi) is 12.4. The van der Waals surface area contributed by atoms with E-state index in [0.717, 1.165) is 44.4 Å². The molecule has 1 atom stereocenters. The van der Waals surface area contributed by atoms with E-state index in [0.29, 0.717) is 24.4 Å². The van der Waals surface area contributed by atoms with Crippen molar-refractivity contribution in [1.29, 1.82) is 0 Å². The smallest absolute Gasteiger partial charge is 0.213 e. The summed E-state index contributed by atoms with van der Waals surface area (Å²) in [6.45, 7) is 9.78. The van der Waals surface area contributed by atoms with Gasteiger partial charge in [-0.15, -0.1) is 24.0 Å². The van der Waals surface area contributed by atoms with Crippen LogP contribution in [0.15, 0.2) is 23.3 Å². The maximum Gasteiger partial charge on any atom is 0.213 e. The van der Waals surface area contributed by atoms with Crippen molar-refractivity contribution in [3.63, 3.8) is 0 Å². The lowest BCUT2D eigenvalue weighted by Crippen LogP contribution is -2.53. The molecule has 0 bridgehead atoms. The standard InChI is InChI=1S/C20H35N5O2.HI/c1-5-17(6-2)18(25-9-11-27-12-10-25)15-24-20(21-3)23-14-16-7-8-22-19(13-16)26-4;/h7-8,13,17-18H,5-6,9-12,14-15H2,1-4H3,(H2,21,23,24);1H. The molecule has 160 valence electrons. The molecule has 8 heteroatoms. The molecule has 0 aliphatic carbocycles. The van der Waals surface area contributed by atoms with Gasteiger partial charge in [-0.1, -0.05) is 26.7 Å². The molecular weight excluding hydrogens is 469 g/mol. The lowest BCUT2D eigenvalue weighted by atomic mass is 9.92. The van der Waals surface area contributed by atoms with Gasteiger partial charge in [0.15, 0.2) is 5.96 Å². The second-order valence-corrected chi connectivity index (χ2v) is 6.81. The van der Waals surface area contributed by atoms with Gasteiger partial charge in [-0.2, -0.15) is 0 Å². The molecule has 0 aromatic carbocycles. The van der Waals surface area contributed by atoms with Crippen LogP contribution in [0.4, 0.5) is 0 Å². The van der Waals surface area contributed by atoms with Crippen molar-refractivity contribution in [2.45, 2.75) is 39.3 Å². The number of guanidine groups is 1. The molecule has 0 spiro atoms. The molecule has 2 N–H and O–H groups in total. The number of aliphatic imine (C=N–C) groups is 1. The third-order valence-corrected chi connectivity index (χ3v) is 5.28. The Morgan fingerprint density at radius 2 is 2.00 bits per heavy atom. The highest BCUT2D eigenvalue weighted by Gasteiger charge is 2.26. The van der Waals surface area contributed by atoms with Gasteiger partial charge in [-0.05, 0) is 17.5 Å². The largest absolute Gasteiger partial charge is 0.481 e. The lowest BCUT2D eigenvalue weighted by Gasteiger charge is -2.39. The van der Waals surface area contributed by atoms with E-state index < -0.39 is 0 Å². The van der Waals surface area contributed by atoms with Gasteiger partial charge in [0, 0.05) is 51.5 Å². The average Bonchev–Trinajstić information content (AvgIpc) is 2.73. The number of nitrogens with zero attached hydrogens (tertiary/aromatic N) is 3. The highest BCUT2D eigenvalue weighted by atomic mass is 127. The number of nitrogens with one attached hydrogen (secondary N) is 2. The van der Waals surface area contributed by atoms with Crippen molar-refractivity contribution in [3.05, 3.63) is 23.9 Å².